The minimum atomic E-state index is -0.557. The van der Waals surface area contributed by atoms with Crippen molar-refractivity contribution in [1.82, 2.24) is 4.98 Å². The van der Waals surface area contributed by atoms with Crippen molar-refractivity contribution in [1.29, 1.82) is 0 Å². The number of carbonyl (C=O) groups is 1. The first kappa shape index (κ1) is 16.6. The summed E-state index contributed by atoms with van der Waals surface area (Å²) in [7, 11) is 0. The molecule has 1 amide bonds. The van der Waals surface area contributed by atoms with Crippen molar-refractivity contribution in [3.05, 3.63) is 58.3 Å². The molecule has 0 aliphatic carbocycles. The van der Waals surface area contributed by atoms with E-state index < -0.39 is 5.54 Å². The highest BCUT2D eigenvalue weighted by atomic mass is 79.9. The topological polar surface area (TPSA) is 89.6 Å². The maximum absolute atomic E-state index is 12.3. The lowest BCUT2D eigenvalue weighted by atomic mass is 9.92. The lowest BCUT2D eigenvalue weighted by molar-refractivity contribution is 0.102. The molecule has 3 N–H and O–H groups in total. The number of carbonyl (C=O) groups excluding carboxylic acids is 1. The maximum atomic E-state index is 12.3. The standard InChI is InChI=1S/C17H17BrN4O2/c1-17(10-24-9-15(19)22-17)11-3-2-4-13(7-11)21-16(23)14-6-5-12(18)8-20-14/h2-8H,9-10H2,1H3,(H2,19,22)(H,21,23)/t17-/m1/s1. The van der Waals surface area contributed by atoms with Crippen LogP contribution in [0, 0.1) is 0 Å². The number of amides is 1. The fourth-order valence-electron chi connectivity index (χ4n) is 2.52. The van der Waals surface area contributed by atoms with E-state index in [0.29, 0.717) is 30.4 Å². The van der Waals surface area contributed by atoms with Crippen LogP contribution in [0.4, 0.5) is 5.69 Å². The molecule has 3 rings (SSSR count). The van der Waals surface area contributed by atoms with Gasteiger partial charge in [0.25, 0.3) is 5.91 Å². The normalized spacial score (nSPS) is 20.3. The van der Waals surface area contributed by atoms with E-state index in [4.69, 9.17) is 10.5 Å². The molecule has 1 aliphatic heterocycles. The summed E-state index contributed by atoms with van der Waals surface area (Å²) in [4.78, 5) is 20.9. The zero-order valence-corrected chi connectivity index (χ0v) is 14.7. The SMILES string of the molecule is C[C@]1(c2cccc(NC(=O)c3ccc(Br)cn3)c2)COCC(N)=N1. The average molecular weight is 389 g/mol. The highest BCUT2D eigenvalue weighted by molar-refractivity contribution is 9.10. The molecule has 2 heterocycles. The van der Waals surface area contributed by atoms with Gasteiger partial charge in [0.1, 0.15) is 23.7 Å². The van der Waals surface area contributed by atoms with Gasteiger partial charge in [0, 0.05) is 16.4 Å². The van der Waals surface area contributed by atoms with Crippen LogP contribution in [0.15, 0.2) is 52.1 Å². The van der Waals surface area contributed by atoms with Gasteiger partial charge in [-0.05, 0) is 52.7 Å². The van der Waals surface area contributed by atoms with Gasteiger partial charge in [0.15, 0.2) is 0 Å². The number of rotatable bonds is 3. The molecule has 24 heavy (non-hydrogen) atoms. The lowest BCUT2D eigenvalue weighted by Crippen LogP contribution is -2.37. The molecule has 0 radical (unpaired) electrons. The van der Waals surface area contributed by atoms with Crippen LogP contribution in [0.2, 0.25) is 0 Å². The van der Waals surface area contributed by atoms with Crippen LogP contribution < -0.4 is 11.1 Å². The van der Waals surface area contributed by atoms with E-state index in [2.05, 4.69) is 31.2 Å². The number of nitrogens with zero attached hydrogens (tertiary/aromatic N) is 2. The summed E-state index contributed by atoms with van der Waals surface area (Å²) < 4.78 is 6.32. The highest BCUT2D eigenvalue weighted by Gasteiger charge is 2.30. The molecule has 124 valence electrons. The highest BCUT2D eigenvalue weighted by Crippen LogP contribution is 2.30. The first-order valence-corrected chi connectivity index (χ1v) is 8.21. The molecule has 1 aromatic carbocycles. The van der Waals surface area contributed by atoms with Crippen molar-refractivity contribution in [2.75, 3.05) is 18.5 Å². The van der Waals surface area contributed by atoms with Gasteiger partial charge >= 0.3 is 0 Å². The predicted molar refractivity (Wildman–Crippen MR) is 96.1 cm³/mol. The Morgan fingerprint density at radius 1 is 1.38 bits per heavy atom. The Kier molecular flexibility index (Phi) is 4.64. The summed E-state index contributed by atoms with van der Waals surface area (Å²) in [5, 5.41) is 2.85. The molecule has 2 aromatic rings. The van der Waals surface area contributed by atoms with E-state index in [1.165, 1.54) is 0 Å². The maximum Gasteiger partial charge on any atom is 0.274 e. The van der Waals surface area contributed by atoms with Gasteiger partial charge in [0.05, 0.1) is 6.61 Å². The molecular weight excluding hydrogens is 372 g/mol. The molecular formula is C17H17BrN4O2. The molecule has 0 unspecified atom stereocenters. The molecule has 1 aromatic heterocycles. The number of nitrogens with one attached hydrogen (secondary N) is 1. The number of hydrogen-bond acceptors (Lipinski definition) is 5. The Morgan fingerprint density at radius 2 is 2.21 bits per heavy atom. The van der Waals surface area contributed by atoms with Gasteiger partial charge in [0.2, 0.25) is 0 Å². The van der Waals surface area contributed by atoms with Gasteiger partial charge in [-0.3, -0.25) is 9.79 Å². The minimum Gasteiger partial charge on any atom is -0.386 e. The Balaban J connectivity index is 1.82. The van der Waals surface area contributed by atoms with Crippen molar-refractivity contribution in [3.8, 4) is 0 Å². The van der Waals surface area contributed by atoms with Crippen LogP contribution in [-0.2, 0) is 10.3 Å². The van der Waals surface area contributed by atoms with Crippen LogP contribution >= 0.6 is 15.9 Å². The van der Waals surface area contributed by atoms with Crippen LogP contribution in [0.1, 0.15) is 23.0 Å². The van der Waals surface area contributed by atoms with E-state index in [1.807, 2.05) is 31.2 Å². The van der Waals surface area contributed by atoms with Gasteiger partial charge in [-0.1, -0.05) is 12.1 Å². The quantitative estimate of drug-likeness (QED) is 0.845. The summed E-state index contributed by atoms with van der Waals surface area (Å²) in [6.45, 7) is 2.75. The zero-order chi connectivity index (χ0) is 17.2. The molecule has 1 aliphatic rings. The number of benzene rings is 1. The number of nitrogens with two attached hydrogens (primary N) is 1. The predicted octanol–water partition coefficient (Wildman–Crippen LogP) is 2.70. The van der Waals surface area contributed by atoms with Crippen molar-refractivity contribution in [3.63, 3.8) is 0 Å². The fourth-order valence-corrected chi connectivity index (χ4v) is 2.76. The molecule has 0 saturated carbocycles. The second-order valence-electron chi connectivity index (χ2n) is 5.77. The fraction of sp³-hybridized carbons (Fsp3) is 0.235. The molecule has 0 spiro atoms. The average Bonchev–Trinajstić information content (AvgIpc) is 2.55. The van der Waals surface area contributed by atoms with E-state index >= 15 is 0 Å². The number of hydrogen-bond donors (Lipinski definition) is 2. The number of amidine groups is 1. The molecule has 0 fully saturated rings. The third kappa shape index (κ3) is 3.63. The molecule has 0 bridgehead atoms. The van der Waals surface area contributed by atoms with E-state index in [-0.39, 0.29) is 5.91 Å². The third-order valence-electron chi connectivity index (χ3n) is 3.73. The Morgan fingerprint density at radius 3 is 2.92 bits per heavy atom. The Bertz CT molecular complexity index is 791. The number of anilines is 1. The van der Waals surface area contributed by atoms with Crippen molar-refractivity contribution < 1.29 is 9.53 Å². The molecule has 6 nitrogen and oxygen atoms in total. The van der Waals surface area contributed by atoms with Crippen LogP contribution in [0.3, 0.4) is 0 Å². The molecule has 0 saturated heterocycles. The van der Waals surface area contributed by atoms with Crippen molar-refractivity contribution in [2.24, 2.45) is 10.7 Å². The summed E-state index contributed by atoms with van der Waals surface area (Å²) in [5.74, 6) is 0.199. The van der Waals surface area contributed by atoms with E-state index in [1.54, 1.807) is 18.3 Å². The minimum absolute atomic E-state index is 0.271. The number of halogens is 1. The number of aromatic nitrogens is 1. The largest absolute Gasteiger partial charge is 0.386 e. The zero-order valence-electron chi connectivity index (χ0n) is 13.1. The lowest BCUT2D eigenvalue weighted by Gasteiger charge is -2.30. The Hall–Kier alpha value is -2.25. The van der Waals surface area contributed by atoms with Crippen molar-refractivity contribution >= 4 is 33.4 Å². The van der Waals surface area contributed by atoms with Gasteiger partial charge in [-0.2, -0.15) is 0 Å². The monoisotopic (exact) mass is 388 g/mol. The van der Waals surface area contributed by atoms with Gasteiger partial charge in [-0.25, -0.2) is 4.98 Å². The number of aliphatic imine (C=N–C) groups is 1. The second kappa shape index (κ2) is 6.70. The number of pyridine rings is 1. The number of ether oxygens (including phenoxy) is 1. The van der Waals surface area contributed by atoms with Crippen LogP contribution in [0.25, 0.3) is 0 Å². The first-order valence-electron chi connectivity index (χ1n) is 7.42. The van der Waals surface area contributed by atoms with Crippen LogP contribution in [-0.4, -0.2) is 29.9 Å². The molecule has 7 heteroatoms. The van der Waals surface area contributed by atoms with Crippen LogP contribution in [0.5, 0.6) is 0 Å². The van der Waals surface area contributed by atoms with Crippen molar-refractivity contribution in [2.45, 2.75) is 12.5 Å². The first-order chi connectivity index (χ1) is 11.5. The van der Waals surface area contributed by atoms with E-state index in [9.17, 15) is 4.79 Å². The summed E-state index contributed by atoms with van der Waals surface area (Å²) in [6.07, 6.45) is 1.59. The van der Waals surface area contributed by atoms with Gasteiger partial charge < -0.3 is 15.8 Å². The summed E-state index contributed by atoms with van der Waals surface area (Å²) in [6, 6.07) is 10.9. The molecule has 1 atom stereocenters. The Labute approximate surface area is 148 Å². The van der Waals surface area contributed by atoms with E-state index in [0.717, 1.165) is 10.0 Å². The van der Waals surface area contributed by atoms with Gasteiger partial charge in [-0.15, -0.1) is 0 Å². The summed E-state index contributed by atoms with van der Waals surface area (Å²) >= 11 is 3.30. The second-order valence-corrected chi connectivity index (χ2v) is 6.68. The summed E-state index contributed by atoms with van der Waals surface area (Å²) in [5.41, 5.74) is 7.18. The smallest absolute Gasteiger partial charge is 0.274 e. The third-order valence-corrected chi connectivity index (χ3v) is 4.19.